The zero-order valence-electron chi connectivity index (χ0n) is 20.1. The number of hydrogen-bond donors (Lipinski definition) is 0. The summed E-state index contributed by atoms with van der Waals surface area (Å²) < 4.78 is 7.42. The number of likely N-dealkylation sites (N-methyl/N-ethyl adjacent to an activating group) is 1. The van der Waals surface area contributed by atoms with Crippen LogP contribution in [0.15, 0.2) is 59.5 Å². The Hall–Kier alpha value is -2.96. The molecular weight excluding hydrogens is 412 g/mol. The van der Waals surface area contributed by atoms with Crippen molar-refractivity contribution in [2.45, 2.75) is 38.9 Å². The molecule has 2 aromatic heterocycles. The summed E-state index contributed by atoms with van der Waals surface area (Å²) >= 11 is 0. The summed E-state index contributed by atoms with van der Waals surface area (Å²) in [5.41, 5.74) is 5.26. The van der Waals surface area contributed by atoms with Crippen LogP contribution in [-0.4, -0.2) is 59.7 Å². The maximum absolute atomic E-state index is 13.6. The van der Waals surface area contributed by atoms with Crippen molar-refractivity contribution >= 4 is 0 Å². The van der Waals surface area contributed by atoms with Crippen LogP contribution < -0.4 is 10.3 Å². The van der Waals surface area contributed by atoms with Crippen molar-refractivity contribution in [2.75, 3.05) is 34.3 Å². The molecular formula is C27H34N4O2. The number of pyridine rings is 2. The van der Waals surface area contributed by atoms with Gasteiger partial charge >= 0.3 is 0 Å². The van der Waals surface area contributed by atoms with Gasteiger partial charge in [-0.3, -0.25) is 14.7 Å². The molecule has 0 aliphatic carbocycles. The van der Waals surface area contributed by atoms with Gasteiger partial charge in [-0.2, -0.15) is 0 Å². The van der Waals surface area contributed by atoms with Crippen molar-refractivity contribution in [1.29, 1.82) is 0 Å². The minimum atomic E-state index is 0.0823. The van der Waals surface area contributed by atoms with E-state index >= 15 is 0 Å². The van der Waals surface area contributed by atoms with E-state index in [1.807, 2.05) is 61.3 Å². The van der Waals surface area contributed by atoms with Gasteiger partial charge in [0.05, 0.1) is 7.11 Å². The molecule has 0 saturated carbocycles. The van der Waals surface area contributed by atoms with Crippen LogP contribution in [0.25, 0.3) is 11.1 Å². The standard InChI is InChI=1S/C27H34N4O2/c1-20(16-23-9-5-6-12-28-23)30-13-11-26-22(19-30)18-25(21-8-7-10-24(17-21)33-4)27(32)31(26)15-14-29(2)3/h5-10,12,17-18,20H,11,13-16,19H2,1-4H3. The van der Waals surface area contributed by atoms with Gasteiger partial charge in [0.1, 0.15) is 5.75 Å². The number of ether oxygens (including phenoxy) is 1. The van der Waals surface area contributed by atoms with E-state index in [-0.39, 0.29) is 5.56 Å². The second-order valence-corrected chi connectivity index (χ2v) is 9.12. The Morgan fingerprint density at radius 1 is 1.15 bits per heavy atom. The highest BCUT2D eigenvalue weighted by atomic mass is 16.5. The van der Waals surface area contributed by atoms with Crippen molar-refractivity contribution in [3.8, 4) is 16.9 Å². The molecule has 3 aromatic rings. The molecule has 0 radical (unpaired) electrons. The van der Waals surface area contributed by atoms with E-state index in [1.165, 1.54) is 11.3 Å². The van der Waals surface area contributed by atoms with Crippen molar-refractivity contribution in [1.82, 2.24) is 19.4 Å². The molecule has 0 saturated heterocycles. The zero-order valence-corrected chi connectivity index (χ0v) is 20.1. The van der Waals surface area contributed by atoms with Crippen LogP contribution in [-0.2, 0) is 25.9 Å². The Bertz CT molecular complexity index is 1140. The van der Waals surface area contributed by atoms with Crippen LogP contribution in [0.4, 0.5) is 0 Å². The van der Waals surface area contributed by atoms with Crippen LogP contribution in [0.5, 0.6) is 5.75 Å². The van der Waals surface area contributed by atoms with Gasteiger partial charge in [-0.05, 0) is 62.5 Å². The van der Waals surface area contributed by atoms with Gasteiger partial charge < -0.3 is 14.2 Å². The second-order valence-electron chi connectivity index (χ2n) is 9.12. The van der Waals surface area contributed by atoms with Crippen molar-refractivity contribution in [3.63, 3.8) is 0 Å². The number of rotatable bonds is 8. The van der Waals surface area contributed by atoms with Gasteiger partial charge in [-0.25, -0.2) is 0 Å². The Morgan fingerprint density at radius 3 is 2.73 bits per heavy atom. The van der Waals surface area contributed by atoms with E-state index in [1.54, 1.807) is 7.11 Å². The van der Waals surface area contributed by atoms with Gasteiger partial charge in [0.25, 0.3) is 5.56 Å². The molecule has 1 aromatic carbocycles. The van der Waals surface area contributed by atoms with Gasteiger partial charge in [-0.1, -0.05) is 18.2 Å². The van der Waals surface area contributed by atoms with Crippen LogP contribution in [0, 0.1) is 0 Å². The highest BCUT2D eigenvalue weighted by Crippen LogP contribution is 2.27. The van der Waals surface area contributed by atoms with Gasteiger partial charge in [0.2, 0.25) is 0 Å². The lowest BCUT2D eigenvalue weighted by Crippen LogP contribution is -2.42. The van der Waals surface area contributed by atoms with Gasteiger partial charge in [-0.15, -0.1) is 0 Å². The topological polar surface area (TPSA) is 50.6 Å². The zero-order chi connectivity index (χ0) is 23.4. The molecule has 0 spiro atoms. The number of fused-ring (bicyclic) bond motifs is 1. The van der Waals surface area contributed by atoms with Crippen molar-refractivity contribution < 1.29 is 4.74 Å². The summed E-state index contributed by atoms with van der Waals surface area (Å²) in [5, 5.41) is 0. The number of methoxy groups -OCH3 is 1. The maximum Gasteiger partial charge on any atom is 0.258 e. The van der Waals surface area contributed by atoms with E-state index < -0.39 is 0 Å². The minimum absolute atomic E-state index is 0.0823. The van der Waals surface area contributed by atoms with Gasteiger partial charge in [0, 0.05) is 68.2 Å². The van der Waals surface area contributed by atoms with E-state index in [9.17, 15) is 4.79 Å². The normalized spacial score (nSPS) is 14.8. The lowest BCUT2D eigenvalue weighted by Gasteiger charge is -2.35. The summed E-state index contributed by atoms with van der Waals surface area (Å²) in [6, 6.07) is 16.4. The predicted octanol–water partition coefficient (Wildman–Crippen LogP) is 3.47. The summed E-state index contributed by atoms with van der Waals surface area (Å²) in [6.45, 7) is 5.57. The molecule has 1 aliphatic heterocycles. The molecule has 174 valence electrons. The Labute approximate surface area is 196 Å². The highest BCUT2D eigenvalue weighted by Gasteiger charge is 2.25. The minimum Gasteiger partial charge on any atom is -0.497 e. The molecule has 1 aliphatic rings. The van der Waals surface area contributed by atoms with Crippen LogP contribution in [0.2, 0.25) is 0 Å². The molecule has 0 fully saturated rings. The number of aromatic nitrogens is 2. The van der Waals surface area contributed by atoms with E-state index in [4.69, 9.17) is 4.74 Å². The quantitative estimate of drug-likeness (QED) is 0.530. The number of nitrogens with zero attached hydrogens (tertiary/aromatic N) is 4. The first kappa shape index (κ1) is 23.2. The van der Waals surface area contributed by atoms with Crippen LogP contribution >= 0.6 is 0 Å². The molecule has 6 nitrogen and oxygen atoms in total. The summed E-state index contributed by atoms with van der Waals surface area (Å²) in [4.78, 5) is 22.7. The highest BCUT2D eigenvalue weighted by molar-refractivity contribution is 5.65. The summed E-state index contributed by atoms with van der Waals surface area (Å²) in [7, 11) is 5.75. The molecule has 33 heavy (non-hydrogen) atoms. The fraction of sp³-hybridized carbons (Fsp3) is 0.407. The molecule has 0 amide bonds. The SMILES string of the molecule is COc1cccc(-c2cc3c(n(CCN(C)C)c2=O)CCN(C(C)Cc2ccccn2)C3)c1. The third-order valence-corrected chi connectivity index (χ3v) is 6.51. The lowest BCUT2D eigenvalue weighted by molar-refractivity contribution is 0.184. The second kappa shape index (κ2) is 10.3. The number of hydrogen-bond acceptors (Lipinski definition) is 5. The van der Waals surface area contributed by atoms with E-state index in [2.05, 4.69) is 33.8 Å². The fourth-order valence-corrected chi connectivity index (χ4v) is 4.60. The summed E-state index contributed by atoms with van der Waals surface area (Å²) in [5.74, 6) is 0.759. The lowest BCUT2D eigenvalue weighted by atomic mass is 9.97. The average molecular weight is 447 g/mol. The van der Waals surface area contributed by atoms with E-state index in [0.717, 1.165) is 55.0 Å². The average Bonchev–Trinajstić information content (AvgIpc) is 2.83. The first-order valence-corrected chi connectivity index (χ1v) is 11.6. The smallest absolute Gasteiger partial charge is 0.258 e. The van der Waals surface area contributed by atoms with Crippen molar-refractivity contribution in [2.24, 2.45) is 0 Å². The van der Waals surface area contributed by atoms with Crippen LogP contribution in [0.3, 0.4) is 0 Å². The van der Waals surface area contributed by atoms with Gasteiger partial charge in [0.15, 0.2) is 0 Å². The molecule has 1 unspecified atom stereocenters. The Kier molecular flexibility index (Phi) is 7.26. The molecule has 0 N–H and O–H groups in total. The molecule has 4 rings (SSSR count). The van der Waals surface area contributed by atoms with Crippen molar-refractivity contribution in [3.05, 3.63) is 82.0 Å². The molecule has 0 bridgehead atoms. The number of benzene rings is 1. The Balaban J connectivity index is 1.69. The van der Waals surface area contributed by atoms with E-state index in [0.29, 0.717) is 12.6 Å². The summed E-state index contributed by atoms with van der Waals surface area (Å²) in [6.07, 6.45) is 3.65. The largest absolute Gasteiger partial charge is 0.497 e. The Morgan fingerprint density at radius 2 is 2.00 bits per heavy atom. The first-order chi connectivity index (χ1) is 16.0. The fourth-order valence-electron chi connectivity index (χ4n) is 4.60. The maximum atomic E-state index is 13.6. The third-order valence-electron chi connectivity index (χ3n) is 6.51. The third kappa shape index (κ3) is 5.34. The molecule has 6 heteroatoms. The predicted molar refractivity (Wildman–Crippen MR) is 133 cm³/mol. The first-order valence-electron chi connectivity index (χ1n) is 11.6. The molecule has 3 heterocycles. The van der Waals surface area contributed by atoms with Crippen LogP contribution in [0.1, 0.15) is 23.9 Å². The monoisotopic (exact) mass is 446 g/mol. The molecule has 1 atom stereocenters.